The standard InChI is InChI=1S/C34H53FO3/c1-7-28(26(5)12-11-25(4)10-8-9-19-35)21-31-17-18-32(20-27(31)6)29-13-15-30(16-14-29)33(22-36)23-38-34(37)24(2)3/h17-18,20-21,25-26,29-30,33,36H,2,7-16,19,22-23H2,1,3-6H3/b28-21+. The number of rotatable bonds is 16. The molecule has 3 nitrogen and oxygen atoms in total. The van der Waals surface area contributed by atoms with Gasteiger partial charge in [-0.05, 0) is 99.2 Å². The summed E-state index contributed by atoms with van der Waals surface area (Å²) >= 11 is 0. The Kier molecular flexibility index (Phi) is 14.4. The first-order valence-electron chi connectivity index (χ1n) is 15.0. The topological polar surface area (TPSA) is 46.5 Å². The Morgan fingerprint density at radius 1 is 1.16 bits per heavy atom. The zero-order valence-electron chi connectivity index (χ0n) is 24.7. The number of aliphatic hydroxyl groups excluding tert-OH is 1. The molecule has 38 heavy (non-hydrogen) atoms. The van der Waals surface area contributed by atoms with Crippen molar-refractivity contribution in [3.05, 3.63) is 52.6 Å². The van der Waals surface area contributed by atoms with Crippen LogP contribution in [-0.4, -0.2) is 31.0 Å². The maximum atomic E-state index is 12.4. The van der Waals surface area contributed by atoms with Crippen molar-refractivity contribution >= 4 is 12.0 Å². The lowest BCUT2D eigenvalue weighted by atomic mass is 9.74. The van der Waals surface area contributed by atoms with Crippen LogP contribution in [0.1, 0.15) is 115 Å². The number of unbranched alkanes of at least 4 members (excludes halogenated alkanes) is 1. The number of hydrogen-bond donors (Lipinski definition) is 1. The number of carbonyl (C=O) groups is 1. The van der Waals surface area contributed by atoms with Crippen LogP contribution in [0.4, 0.5) is 4.39 Å². The number of alkyl halides is 1. The fourth-order valence-corrected chi connectivity index (χ4v) is 5.93. The molecule has 1 N–H and O–H groups in total. The van der Waals surface area contributed by atoms with Gasteiger partial charge in [-0.3, -0.25) is 4.39 Å². The van der Waals surface area contributed by atoms with E-state index in [1.807, 2.05) is 0 Å². The second kappa shape index (κ2) is 16.9. The lowest BCUT2D eigenvalue weighted by Gasteiger charge is -2.33. The summed E-state index contributed by atoms with van der Waals surface area (Å²) in [5.41, 5.74) is 5.99. The molecule has 0 aliphatic heterocycles. The Morgan fingerprint density at radius 2 is 1.87 bits per heavy atom. The Bertz CT molecular complexity index is 897. The van der Waals surface area contributed by atoms with Crippen LogP contribution < -0.4 is 0 Å². The highest BCUT2D eigenvalue weighted by atomic mass is 19.1. The molecule has 3 atom stereocenters. The first kappa shape index (κ1) is 32.3. The minimum absolute atomic E-state index is 0.00100. The first-order valence-corrected chi connectivity index (χ1v) is 15.0. The van der Waals surface area contributed by atoms with E-state index in [4.69, 9.17) is 4.74 Å². The molecule has 4 heteroatoms. The van der Waals surface area contributed by atoms with Crippen molar-refractivity contribution in [2.75, 3.05) is 19.9 Å². The molecule has 1 aliphatic rings. The van der Waals surface area contributed by atoms with Gasteiger partial charge in [0.2, 0.25) is 0 Å². The van der Waals surface area contributed by atoms with Gasteiger partial charge in [0.05, 0.1) is 13.3 Å². The zero-order chi connectivity index (χ0) is 28.1. The number of aliphatic hydroxyl groups is 1. The number of esters is 1. The summed E-state index contributed by atoms with van der Waals surface area (Å²) in [5, 5.41) is 9.88. The molecule has 214 valence electrons. The molecule has 1 aromatic carbocycles. The molecular formula is C34H53FO3. The summed E-state index contributed by atoms with van der Waals surface area (Å²) in [5.74, 6) is 1.79. The third-order valence-corrected chi connectivity index (χ3v) is 8.77. The third kappa shape index (κ3) is 10.3. The van der Waals surface area contributed by atoms with Crippen LogP contribution in [0.3, 0.4) is 0 Å². The molecule has 0 amide bonds. The van der Waals surface area contributed by atoms with Gasteiger partial charge >= 0.3 is 5.97 Å². The quantitative estimate of drug-likeness (QED) is 0.132. The predicted octanol–water partition coefficient (Wildman–Crippen LogP) is 8.98. The predicted molar refractivity (Wildman–Crippen MR) is 158 cm³/mol. The SMILES string of the molecule is C=C(C)C(=O)OCC(CO)C1CCC(c2ccc(/C=C(\CC)C(C)CCC(C)CCCCF)c(C)c2)CC1. The molecule has 0 aromatic heterocycles. The summed E-state index contributed by atoms with van der Waals surface area (Å²) in [7, 11) is 0. The van der Waals surface area contributed by atoms with Gasteiger partial charge in [-0.15, -0.1) is 0 Å². The Labute approximate surface area is 231 Å². The maximum Gasteiger partial charge on any atom is 0.333 e. The van der Waals surface area contributed by atoms with E-state index in [0.29, 0.717) is 35.7 Å². The highest BCUT2D eigenvalue weighted by molar-refractivity contribution is 5.86. The normalized spacial score (nSPS) is 20.6. The van der Waals surface area contributed by atoms with Crippen LogP contribution in [0.2, 0.25) is 0 Å². The fraction of sp³-hybridized carbons (Fsp3) is 0.676. The number of ether oxygens (including phenoxy) is 1. The van der Waals surface area contributed by atoms with Crippen molar-refractivity contribution in [3.8, 4) is 0 Å². The van der Waals surface area contributed by atoms with Gasteiger partial charge in [0.15, 0.2) is 0 Å². The van der Waals surface area contributed by atoms with Crippen molar-refractivity contribution in [1.29, 1.82) is 0 Å². The van der Waals surface area contributed by atoms with Crippen molar-refractivity contribution in [3.63, 3.8) is 0 Å². The number of hydrogen-bond acceptors (Lipinski definition) is 3. The summed E-state index contributed by atoms with van der Waals surface area (Å²) in [6.07, 6.45) is 13.0. The van der Waals surface area contributed by atoms with Crippen LogP contribution in [0.5, 0.6) is 0 Å². The highest BCUT2D eigenvalue weighted by Gasteiger charge is 2.29. The lowest BCUT2D eigenvalue weighted by Crippen LogP contribution is -2.28. The van der Waals surface area contributed by atoms with Crippen LogP contribution in [-0.2, 0) is 9.53 Å². The van der Waals surface area contributed by atoms with Gasteiger partial charge < -0.3 is 9.84 Å². The van der Waals surface area contributed by atoms with E-state index in [9.17, 15) is 14.3 Å². The average Bonchev–Trinajstić information content (AvgIpc) is 2.91. The van der Waals surface area contributed by atoms with E-state index < -0.39 is 0 Å². The zero-order valence-corrected chi connectivity index (χ0v) is 24.7. The Balaban J connectivity index is 1.94. The monoisotopic (exact) mass is 528 g/mol. The van der Waals surface area contributed by atoms with E-state index >= 15 is 0 Å². The van der Waals surface area contributed by atoms with Gasteiger partial charge in [0.25, 0.3) is 0 Å². The minimum atomic E-state index is -0.373. The van der Waals surface area contributed by atoms with Crippen molar-refractivity contribution in [1.82, 2.24) is 0 Å². The van der Waals surface area contributed by atoms with Gasteiger partial charge in [0.1, 0.15) is 0 Å². The number of benzene rings is 1. The molecule has 1 saturated carbocycles. The van der Waals surface area contributed by atoms with E-state index in [2.05, 4.69) is 58.5 Å². The molecular weight excluding hydrogens is 475 g/mol. The second-order valence-corrected chi connectivity index (χ2v) is 11.9. The van der Waals surface area contributed by atoms with E-state index in [1.54, 1.807) is 6.92 Å². The van der Waals surface area contributed by atoms with Gasteiger partial charge in [-0.25, -0.2) is 4.79 Å². The van der Waals surface area contributed by atoms with Crippen LogP contribution in [0.15, 0.2) is 35.9 Å². The summed E-state index contributed by atoms with van der Waals surface area (Å²) < 4.78 is 17.7. The molecule has 2 rings (SSSR count). The minimum Gasteiger partial charge on any atom is -0.462 e. The maximum absolute atomic E-state index is 12.4. The molecule has 3 unspecified atom stereocenters. The smallest absolute Gasteiger partial charge is 0.333 e. The molecule has 1 aliphatic carbocycles. The molecule has 0 saturated heterocycles. The first-order chi connectivity index (χ1) is 18.2. The van der Waals surface area contributed by atoms with Crippen molar-refractivity contribution in [2.24, 2.45) is 23.7 Å². The molecule has 0 heterocycles. The van der Waals surface area contributed by atoms with Gasteiger partial charge in [-0.1, -0.05) is 76.5 Å². The summed E-state index contributed by atoms with van der Waals surface area (Å²) in [6.45, 7) is 14.6. The fourth-order valence-electron chi connectivity index (χ4n) is 5.93. The van der Waals surface area contributed by atoms with Crippen LogP contribution >= 0.6 is 0 Å². The van der Waals surface area contributed by atoms with E-state index in [1.165, 1.54) is 35.1 Å². The number of aryl methyl sites for hydroxylation is 1. The summed E-state index contributed by atoms with van der Waals surface area (Å²) in [4.78, 5) is 11.8. The molecule has 0 radical (unpaired) electrons. The van der Waals surface area contributed by atoms with Crippen LogP contribution in [0.25, 0.3) is 6.08 Å². The Hall–Kier alpha value is -1.94. The number of halogens is 1. The lowest BCUT2D eigenvalue weighted by molar-refractivity contribution is -0.141. The van der Waals surface area contributed by atoms with Crippen molar-refractivity contribution in [2.45, 2.75) is 105 Å². The van der Waals surface area contributed by atoms with Crippen LogP contribution in [0, 0.1) is 30.6 Å². The van der Waals surface area contributed by atoms with E-state index in [-0.39, 0.29) is 31.8 Å². The van der Waals surface area contributed by atoms with Gasteiger partial charge in [-0.2, -0.15) is 0 Å². The number of carbonyl (C=O) groups excluding carboxylic acids is 1. The van der Waals surface area contributed by atoms with Crippen molar-refractivity contribution < 1.29 is 19.0 Å². The Morgan fingerprint density at radius 3 is 2.45 bits per heavy atom. The average molecular weight is 529 g/mol. The van der Waals surface area contributed by atoms with Gasteiger partial charge in [0, 0.05) is 18.1 Å². The molecule has 1 fully saturated rings. The number of allylic oxidation sites excluding steroid dienone is 1. The molecule has 0 bridgehead atoms. The largest absolute Gasteiger partial charge is 0.462 e. The summed E-state index contributed by atoms with van der Waals surface area (Å²) in [6, 6.07) is 6.99. The second-order valence-electron chi connectivity index (χ2n) is 11.9. The molecule has 0 spiro atoms. The van der Waals surface area contributed by atoms with E-state index in [0.717, 1.165) is 44.9 Å². The molecule has 1 aromatic rings. The highest BCUT2D eigenvalue weighted by Crippen LogP contribution is 2.39. The third-order valence-electron chi connectivity index (χ3n) is 8.77.